The fourth-order valence-corrected chi connectivity index (χ4v) is 3.94. The Morgan fingerprint density at radius 2 is 2.00 bits per heavy atom. The first-order valence-corrected chi connectivity index (χ1v) is 10.9. The van der Waals surface area contributed by atoms with Gasteiger partial charge >= 0.3 is 6.09 Å². The van der Waals surface area contributed by atoms with Gasteiger partial charge in [-0.1, -0.05) is 18.2 Å². The number of piperidine rings is 1. The van der Waals surface area contributed by atoms with Crippen molar-refractivity contribution in [1.29, 1.82) is 0 Å². The number of amides is 2. The van der Waals surface area contributed by atoms with E-state index in [2.05, 4.69) is 0 Å². The number of hydrogen-bond donors (Lipinski definition) is 0. The quantitative estimate of drug-likeness (QED) is 0.735. The summed E-state index contributed by atoms with van der Waals surface area (Å²) in [5.74, 6) is 1.08. The highest BCUT2D eigenvalue weighted by Gasteiger charge is 2.31. The van der Waals surface area contributed by atoms with E-state index in [1.165, 1.54) is 0 Å². The van der Waals surface area contributed by atoms with Gasteiger partial charge in [-0.25, -0.2) is 4.79 Å². The smallest absolute Gasteiger partial charge is 0.410 e. The zero-order chi connectivity index (χ0) is 21.9. The molecule has 0 radical (unpaired) electrons. The largest absolute Gasteiger partial charge is 0.488 e. The number of likely N-dealkylation sites (tertiary alicyclic amines) is 1. The van der Waals surface area contributed by atoms with Crippen LogP contribution in [0.5, 0.6) is 5.75 Å². The summed E-state index contributed by atoms with van der Waals surface area (Å²) >= 11 is 0. The topological polar surface area (TPSA) is 59.1 Å². The average Bonchev–Trinajstić information content (AvgIpc) is 2.69. The third-order valence-corrected chi connectivity index (χ3v) is 5.42. The Bertz CT molecular complexity index is 810. The molecule has 0 N–H and O–H groups in total. The fourth-order valence-electron chi connectivity index (χ4n) is 3.94. The molecule has 6 nitrogen and oxygen atoms in total. The van der Waals surface area contributed by atoms with Crippen molar-refractivity contribution in [3.63, 3.8) is 0 Å². The molecule has 164 valence electrons. The van der Waals surface area contributed by atoms with E-state index >= 15 is 0 Å². The van der Waals surface area contributed by atoms with Crippen LogP contribution in [0.2, 0.25) is 0 Å². The Kier molecular flexibility index (Phi) is 6.74. The number of nitrogens with zero attached hydrogens (tertiary/aromatic N) is 2. The molecular weight excluding hydrogens is 380 g/mol. The summed E-state index contributed by atoms with van der Waals surface area (Å²) in [6.45, 7) is 11.9. The molecule has 1 unspecified atom stereocenters. The molecule has 2 heterocycles. The molecule has 0 saturated carbocycles. The third kappa shape index (κ3) is 5.55. The first kappa shape index (κ1) is 22.2. The van der Waals surface area contributed by atoms with Gasteiger partial charge in [0.15, 0.2) is 0 Å². The van der Waals surface area contributed by atoms with Crippen LogP contribution in [0.4, 0.5) is 4.79 Å². The van der Waals surface area contributed by atoms with Gasteiger partial charge in [0.05, 0.1) is 5.57 Å². The number of ether oxygens (including phenoxy) is 2. The second kappa shape index (κ2) is 9.11. The van der Waals surface area contributed by atoms with E-state index in [4.69, 9.17) is 9.47 Å². The fraction of sp³-hybridized carbons (Fsp3) is 0.583. The number of carbonyl (C=O) groups excluding carboxylic acids is 2. The van der Waals surface area contributed by atoms with Crippen molar-refractivity contribution < 1.29 is 19.1 Å². The lowest BCUT2D eigenvalue weighted by molar-refractivity contribution is -0.129. The molecule has 1 fully saturated rings. The van der Waals surface area contributed by atoms with Crippen molar-refractivity contribution in [3.05, 3.63) is 35.4 Å². The van der Waals surface area contributed by atoms with Crippen LogP contribution in [0.25, 0.3) is 6.08 Å². The molecule has 2 aliphatic heterocycles. The molecule has 1 atom stereocenters. The summed E-state index contributed by atoms with van der Waals surface area (Å²) in [6.07, 6.45) is 3.57. The second-order valence-corrected chi connectivity index (χ2v) is 9.48. The SMILES string of the molecule is CC(C)N(CC1CCCN(C(=O)C2=Cc3ccccc3OC2)C1)C(=O)OC(C)(C)C. The zero-order valence-corrected chi connectivity index (χ0v) is 18.8. The van der Waals surface area contributed by atoms with Gasteiger partial charge in [-0.05, 0) is 65.5 Å². The van der Waals surface area contributed by atoms with Gasteiger partial charge in [0.2, 0.25) is 0 Å². The number of rotatable bonds is 4. The Labute approximate surface area is 179 Å². The minimum Gasteiger partial charge on any atom is -0.488 e. The highest BCUT2D eigenvalue weighted by molar-refractivity contribution is 5.99. The molecule has 30 heavy (non-hydrogen) atoms. The lowest BCUT2D eigenvalue weighted by atomic mass is 9.96. The molecule has 3 rings (SSSR count). The Hall–Kier alpha value is -2.50. The van der Waals surface area contributed by atoms with Crippen molar-refractivity contribution in [3.8, 4) is 5.75 Å². The Morgan fingerprint density at radius 1 is 1.27 bits per heavy atom. The van der Waals surface area contributed by atoms with Gasteiger partial charge in [0.1, 0.15) is 18.0 Å². The van der Waals surface area contributed by atoms with E-state index in [0.29, 0.717) is 25.3 Å². The second-order valence-electron chi connectivity index (χ2n) is 9.48. The summed E-state index contributed by atoms with van der Waals surface area (Å²) in [5, 5.41) is 0. The van der Waals surface area contributed by atoms with Crippen LogP contribution in [-0.2, 0) is 9.53 Å². The first-order valence-electron chi connectivity index (χ1n) is 10.9. The number of hydrogen-bond acceptors (Lipinski definition) is 4. The Balaban J connectivity index is 1.65. The maximum absolute atomic E-state index is 13.1. The summed E-state index contributed by atoms with van der Waals surface area (Å²) < 4.78 is 11.3. The van der Waals surface area contributed by atoms with E-state index in [1.807, 2.05) is 69.9 Å². The highest BCUT2D eigenvalue weighted by atomic mass is 16.6. The van der Waals surface area contributed by atoms with Gasteiger partial charge in [0, 0.05) is 31.2 Å². The molecular formula is C24H34N2O4. The minimum absolute atomic E-state index is 0.0302. The molecule has 0 bridgehead atoms. The summed E-state index contributed by atoms with van der Waals surface area (Å²) in [7, 11) is 0. The van der Waals surface area contributed by atoms with Gasteiger partial charge in [-0.15, -0.1) is 0 Å². The molecule has 0 aliphatic carbocycles. The number of carbonyl (C=O) groups is 2. The average molecular weight is 415 g/mol. The molecule has 2 aliphatic rings. The van der Waals surface area contributed by atoms with Crippen LogP contribution in [0.1, 0.15) is 53.0 Å². The van der Waals surface area contributed by atoms with Crippen molar-refractivity contribution in [2.45, 2.75) is 59.1 Å². The van der Waals surface area contributed by atoms with Crippen LogP contribution < -0.4 is 4.74 Å². The van der Waals surface area contributed by atoms with Crippen LogP contribution >= 0.6 is 0 Å². The molecule has 0 spiro atoms. The third-order valence-electron chi connectivity index (χ3n) is 5.42. The van der Waals surface area contributed by atoms with Gasteiger partial charge in [-0.2, -0.15) is 0 Å². The summed E-state index contributed by atoms with van der Waals surface area (Å²) in [6, 6.07) is 7.79. The van der Waals surface area contributed by atoms with E-state index < -0.39 is 5.60 Å². The standard InChI is InChI=1S/C24H34N2O4/c1-17(2)26(23(28)30-24(3,4)5)15-18-9-8-12-25(14-18)22(27)20-13-19-10-6-7-11-21(19)29-16-20/h6-7,10-11,13,17-18H,8-9,12,14-16H2,1-5H3. The zero-order valence-electron chi connectivity index (χ0n) is 18.8. The van der Waals surface area contributed by atoms with E-state index in [9.17, 15) is 9.59 Å². The van der Waals surface area contributed by atoms with E-state index in [1.54, 1.807) is 4.90 Å². The van der Waals surface area contributed by atoms with Crippen LogP contribution in [0.3, 0.4) is 0 Å². The predicted octanol–water partition coefficient (Wildman–Crippen LogP) is 4.35. The van der Waals surface area contributed by atoms with Gasteiger partial charge < -0.3 is 19.3 Å². The van der Waals surface area contributed by atoms with Gasteiger partial charge in [0.25, 0.3) is 5.91 Å². The first-order chi connectivity index (χ1) is 14.1. The normalized spacial score (nSPS) is 18.9. The number of para-hydroxylation sites is 1. The monoisotopic (exact) mass is 414 g/mol. The van der Waals surface area contributed by atoms with Crippen LogP contribution in [0.15, 0.2) is 29.8 Å². The van der Waals surface area contributed by atoms with Crippen molar-refractivity contribution >= 4 is 18.1 Å². The summed E-state index contributed by atoms with van der Waals surface area (Å²) in [5.41, 5.74) is 1.10. The van der Waals surface area contributed by atoms with Crippen LogP contribution in [0, 0.1) is 5.92 Å². The molecule has 1 saturated heterocycles. The maximum atomic E-state index is 13.1. The van der Waals surface area contributed by atoms with E-state index in [-0.39, 0.29) is 24.0 Å². The van der Waals surface area contributed by atoms with Crippen LogP contribution in [-0.4, -0.2) is 59.7 Å². The number of benzene rings is 1. The summed E-state index contributed by atoms with van der Waals surface area (Å²) in [4.78, 5) is 29.5. The molecule has 0 aromatic heterocycles. The lowest BCUT2D eigenvalue weighted by Crippen LogP contribution is -2.48. The van der Waals surface area contributed by atoms with Crippen molar-refractivity contribution in [2.24, 2.45) is 5.92 Å². The molecule has 1 aromatic rings. The molecule has 1 aromatic carbocycles. The Morgan fingerprint density at radius 3 is 2.70 bits per heavy atom. The number of fused-ring (bicyclic) bond motifs is 1. The minimum atomic E-state index is -0.525. The molecule has 2 amide bonds. The highest BCUT2D eigenvalue weighted by Crippen LogP contribution is 2.28. The molecule has 6 heteroatoms. The van der Waals surface area contributed by atoms with Crippen molar-refractivity contribution in [1.82, 2.24) is 9.80 Å². The maximum Gasteiger partial charge on any atom is 0.410 e. The predicted molar refractivity (Wildman–Crippen MR) is 117 cm³/mol. The van der Waals surface area contributed by atoms with Gasteiger partial charge in [-0.3, -0.25) is 4.79 Å². The van der Waals surface area contributed by atoms with Crippen molar-refractivity contribution in [2.75, 3.05) is 26.2 Å². The lowest BCUT2D eigenvalue weighted by Gasteiger charge is -2.38. The van der Waals surface area contributed by atoms with E-state index in [0.717, 1.165) is 30.7 Å².